The molecule has 16 heavy (non-hydrogen) atoms. The highest BCUT2D eigenvalue weighted by Gasteiger charge is 2.13. The van der Waals surface area contributed by atoms with Gasteiger partial charge in [0.2, 0.25) is 0 Å². The monoisotopic (exact) mass is 239 g/mol. The summed E-state index contributed by atoms with van der Waals surface area (Å²) in [6, 6.07) is -8.49. The minimum absolute atomic E-state index is 0.678. The van der Waals surface area contributed by atoms with E-state index < -0.39 is 73.3 Å². The van der Waals surface area contributed by atoms with Crippen LogP contribution >= 0.6 is 0 Å². The van der Waals surface area contributed by atoms with E-state index in [2.05, 4.69) is 9.47 Å². The van der Waals surface area contributed by atoms with Crippen molar-refractivity contribution in [3.05, 3.63) is 29.7 Å². The van der Waals surface area contributed by atoms with Crippen molar-refractivity contribution in [2.24, 2.45) is 5.72 Å². The van der Waals surface area contributed by atoms with Crippen LogP contribution in [0.25, 0.3) is 0 Å². The van der Waals surface area contributed by atoms with Crippen LogP contribution in [-0.4, -0.2) is 31.2 Å². The Morgan fingerprint density at radius 1 is 1.75 bits per heavy atom. The Hall–Kier alpha value is -1.59. The van der Waals surface area contributed by atoms with Crippen molar-refractivity contribution >= 4 is 5.97 Å². The summed E-state index contributed by atoms with van der Waals surface area (Å²) in [6.45, 7) is -7.34. The third-order valence-electron chi connectivity index (χ3n) is 1.29. The molecular weight excluding hydrogens is 210 g/mol. The van der Waals surface area contributed by atoms with Crippen LogP contribution in [0.4, 0.5) is 0 Å². The summed E-state index contributed by atoms with van der Waals surface area (Å²) < 4.78 is 113. The van der Waals surface area contributed by atoms with Crippen molar-refractivity contribution in [2.45, 2.75) is 6.02 Å². The summed E-state index contributed by atoms with van der Waals surface area (Å²) in [5.41, 5.74) is -1.91. The average molecular weight is 239 g/mol. The molecule has 0 aliphatic carbocycles. The van der Waals surface area contributed by atoms with Crippen LogP contribution in [0.15, 0.2) is 24.2 Å². The van der Waals surface area contributed by atoms with Crippen molar-refractivity contribution in [1.82, 2.24) is 0 Å². The maximum Gasteiger partial charge on any atom is 0.325 e. The molecule has 1 aromatic carbocycles. The number of ether oxygens (including phenoxy) is 2. The zero-order valence-electron chi connectivity index (χ0n) is 21.6. The van der Waals surface area contributed by atoms with Gasteiger partial charge in [-0.2, -0.15) is 0 Å². The van der Waals surface area contributed by atoms with Crippen molar-refractivity contribution in [3.8, 4) is 5.75 Å². The summed E-state index contributed by atoms with van der Waals surface area (Å²) in [5.74, 6) is -3.43. The van der Waals surface area contributed by atoms with Gasteiger partial charge in [0, 0.05) is 7.04 Å². The third kappa shape index (κ3) is 3.52. The Labute approximate surface area is 114 Å². The molecule has 0 aromatic heterocycles. The molecule has 1 atom stereocenters. The van der Waals surface area contributed by atoms with E-state index in [9.17, 15) is 9.90 Å². The molecule has 1 rings (SSSR count). The predicted molar refractivity (Wildman–Crippen MR) is 58.4 cm³/mol. The van der Waals surface area contributed by atoms with Gasteiger partial charge in [-0.15, -0.1) is 0 Å². The molecule has 0 radical (unpaired) electrons. The van der Waals surface area contributed by atoms with E-state index in [-0.39, 0.29) is 0 Å². The average Bonchev–Trinajstić information content (AvgIpc) is 2.54. The molecule has 1 unspecified atom stereocenters. The Balaban J connectivity index is 3.66. The topological polar surface area (TPSA) is 81.8 Å². The smallest absolute Gasteiger partial charge is 0.325 e. The molecule has 5 nitrogen and oxygen atoms in total. The Kier molecular flexibility index (Phi) is 1.22. The Morgan fingerprint density at radius 3 is 3.06 bits per heavy atom. The highest BCUT2D eigenvalue weighted by molar-refractivity contribution is 5.75. The molecule has 0 saturated heterocycles. The van der Waals surface area contributed by atoms with Gasteiger partial charge < -0.3 is 20.3 Å². The fourth-order valence-corrected chi connectivity index (χ4v) is 0.670. The number of hydrogen-bond acceptors (Lipinski definition) is 4. The lowest BCUT2D eigenvalue weighted by Gasteiger charge is -2.09. The second kappa shape index (κ2) is 6.09. The van der Waals surface area contributed by atoms with Crippen molar-refractivity contribution in [3.63, 3.8) is 0 Å². The highest BCUT2D eigenvalue weighted by atomic mass is 16.5. The molecule has 1 aromatic rings. The van der Waals surface area contributed by atoms with Crippen LogP contribution in [0.1, 0.15) is 28.0 Å². The lowest BCUT2D eigenvalue weighted by Crippen LogP contribution is -2.20. The number of nitrogens with two attached hydrogens (primary N) is 1. The summed E-state index contributed by atoms with van der Waals surface area (Å²) >= 11 is 0. The second-order valence-electron chi connectivity index (χ2n) is 2.27. The largest absolute Gasteiger partial charge is 0.491 e. The van der Waals surface area contributed by atoms with Crippen LogP contribution < -0.4 is 10.5 Å². The fourth-order valence-electron chi connectivity index (χ4n) is 0.670. The van der Waals surface area contributed by atoms with Gasteiger partial charge in [-0.3, -0.25) is 4.79 Å². The van der Waals surface area contributed by atoms with Crippen molar-refractivity contribution in [1.29, 1.82) is 0 Å². The molecule has 0 bridgehead atoms. The third-order valence-corrected chi connectivity index (χ3v) is 1.29. The van der Waals surface area contributed by atoms with E-state index in [1.807, 2.05) is 0 Å². The van der Waals surface area contributed by atoms with Crippen LogP contribution in [0.5, 0.6) is 5.75 Å². The quantitative estimate of drug-likeness (QED) is 0.735. The number of aliphatic carboxylic acids is 1. The van der Waals surface area contributed by atoms with Crippen LogP contribution in [-0.2, 0) is 9.53 Å². The summed E-state index contributed by atoms with van der Waals surface area (Å²) in [4.78, 5) is 11.4. The van der Waals surface area contributed by atoms with Gasteiger partial charge in [0.1, 0.15) is 21.2 Å². The predicted octanol–water partition coefficient (Wildman–Crippen LogP) is 0.796. The minimum Gasteiger partial charge on any atom is -0.491 e. The van der Waals surface area contributed by atoms with Gasteiger partial charge in [0.25, 0.3) is 0 Å². The lowest BCUT2D eigenvalue weighted by atomic mass is 10.1. The van der Waals surface area contributed by atoms with Crippen LogP contribution in [0.3, 0.4) is 0 Å². The highest BCUT2D eigenvalue weighted by Crippen LogP contribution is 2.16. The maximum atomic E-state index is 11.4. The zero-order valence-corrected chi connectivity index (χ0v) is 7.62. The van der Waals surface area contributed by atoms with Crippen LogP contribution in [0, 0.1) is 0 Å². The standard InChI is InChI=1S/C11H15NO4/c1-15-6-7-16-9-4-2-8(3-5-9)10(12)11(13)14/h2-5,10H,6-7,12H2,1H3,(H,13,14)/i1D3,2D,3D,4D,5D,6D2,7D2,10D/hD2. The lowest BCUT2D eigenvalue weighted by molar-refractivity contribution is -0.138. The molecular formula is C11H15NO4. The number of methoxy groups -OCH3 is 1. The number of carbonyl (C=O) groups is 1. The molecule has 0 spiro atoms. The Morgan fingerprint density at radius 2 is 2.50 bits per heavy atom. The Bertz CT molecular complexity index is 811. The SMILES string of the molecule is [2H]c1c([2H])c(C([2H])(C(=O)O)N([2H])[2H])c([2H])c([2H])c1OC([2H])([2H])C([2H])([2H])OC([2H])([2H])[2H]. The number of carboxylic acid groups (broad SMARTS) is 1. The molecule has 0 amide bonds. The molecule has 0 aliphatic heterocycles. The first kappa shape index (κ1) is 3.21. The maximum absolute atomic E-state index is 11.4. The summed E-state index contributed by atoms with van der Waals surface area (Å²) in [7, 11) is -3.41. The number of rotatable bonds is 7. The number of benzene rings is 1. The van der Waals surface area contributed by atoms with E-state index in [0.717, 1.165) is 0 Å². The molecule has 88 valence electrons. The minimum atomic E-state index is -3.67. The van der Waals surface area contributed by atoms with Gasteiger partial charge in [-0.25, -0.2) is 0 Å². The van der Waals surface area contributed by atoms with Crippen molar-refractivity contribution < 1.29 is 38.6 Å². The molecule has 0 aliphatic rings. The van der Waals surface area contributed by atoms with E-state index in [0.29, 0.717) is 0 Å². The number of hydrogen-bond donors (Lipinski definition) is 2. The summed E-state index contributed by atoms with van der Waals surface area (Å²) in [5, 5.41) is 9.19. The van der Waals surface area contributed by atoms with E-state index in [1.165, 1.54) is 0 Å². The number of carboxylic acids is 1. The van der Waals surface area contributed by atoms with Crippen LogP contribution in [0.2, 0.25) is 2.82 Å². The van der Waals surface area contributed by atoms with Crippen molar-refractivity contribution in [2.75, 3.05) is 20.2 Å². The van der Waals surface area contributed by atoms with Gasteiger partial charge in [-0.1, -0.05) is 12.1 Å². The normalized spacial score (nSPS) is 29.6. The van der Waals surface area contributed by atoms with Gasteiger partial charge in [0.15, 0.2) is 0 Å². The molecule has 0 saturated carbocycles. The zero-order chi connectivity index (χ0) is 24.0. The van der Waals surface area contributed by atoms with Gasteiger partial charge in [0.05, 0.1) is 23.0 Å². The van der Waals surface area contributed by atoms with E-state index >= 15 is 0 Å². The van der Waals surface area contributed by atoms with E-state index in [1.54, 1.807) is 0 Å². The molecule has 3 N–H and O–H groups in total. The molecule has 0 fully saturated rings. The first-order valence-electron chi connectivity index (χ1n) is 10.6. The first-order valence-corrected chi connectivity index (χ1v) is 3.72. The first-order chi connectivity index (χ1) is 13.2. The molecule has 0 heterocycles. The van der Waals surface area contributed by atoms with Gasteiger partial charge >= 0.3 is 5.97 Å². The van der Waals surface area contributed by atoms with E-state index in [4.69, 9.17) is 19.3 Å². The second-order valence-corrected chi connectivity index (χ2v) is 2.27. The van der Waals surface area contributed by atoms with Gasteiger partial charge in [-0.05, 0) is 17.6 Å². The molecule has 5 heteroatoms. The fraction of sp³-hybridized carbons (Fsp3) is 0.364. The summed E-state index contributed by atoms with van der Waals surface area (Å²) in [6.07, 6.45) is 0.